The maximum atomic E-state index is 12.6. The second-order valence-corrected chi connectivity index (χ2v) is 7.31. The van der Waals surface area contributed by atoms with E-state index in [1.54, 1.807) is 12.1 Å². The molecule has 0 aromatic heterocycles. The summed E-state index contributed by atoms with van der Waals surface area (Å²) in [6, 6.07) is 7.39. The first-order chi connectivity index (χ1) is 13.0. The summed E-state index contributed by atoms with van der Waals surface area (Å²) in [6.07, 6.45) is 9.22. The molecule has 0 N–H and O–H groups in total. The number of methoxy groups -OCH3 is 2. The van der Waals surface area contributed by atoms with Gasteiger partial charge in [-0.3, -0.25) is 0 Å². The van der Waals surface area contributed by atoms with Crippen LogP contribution in [0.2, 0.25) is 5.02 Å². The van der Waals surface area contributed by atoms with Gasteiger partial charge in [-0.15, -0.1) is 0 Å². The van der Waals surface area contributed by atoms with Gasteiger partial charge in [-0.2, -0.15) is 0 Å². The van der Waals surface area contributed by atoms with Crippen LogP contribution >= 0.6 is 11.6 Å². The Balaban J connectivity index is 2.07. The number of ether oxygens (including phenoxy) is 2. The molecule has 0 saturated heterocycles. The van der Waals surface area contributed by atoms with Gasteiger partial charge in [0.15, 0.2) is 0 Å². The van der Waals surface area contributed by atoms with E-state index in [1.807, 2.05) is 29.4 Å². The summed E-state index contributed by atoms with van der Waals surface area (Å²) in [4.78, 5) is 27.1. The van der Waals surface area contributed by atoms with Crippen molar-refractivity contribution < 1.29 is 19.1 Å². The Morgan fingerprint density at radius 2 is 1.44 bits per heavy atom. The average Bonchev–Trinajstić information content (AvgIpc) is 2.73. The normalized spacial score (nSPS) is 18.6. The standard InChI is InChI=1S/C21H24ClNO4/c1-26-20(24)17-12-23(16-6-4-3-5-7-16)13-18(21(25)27-2)19(17)14-8-10-15(22)11-9-14/h8-13,16,19H,3-7H2,1-2H3. The molecule has 0 amide bonds. The van der Waals surface area contributed by atoms with E-state index in [0.29, 0.717) is 16.2 Å². The van der Waals surface area contributed by atoms with Crippen LogP contribution in [0.3, 0.4) is 0 Å². The van der Waals surface area contributed by atoms with Gasteiger partial charge in [0.05, 0.1) is 31.3 Å². The van der Waals surface area contributed by atoms with E-state index in [0.717, 1.165) is 31.2 Å². The fourth-order valence-electron chi connectivity index (χ4n) is 3.86. The Kier molecular flexibility index (Phi) is 6.22. The molecule has 1 aromatic rings. The lowest BCUT2D eigenvalue weighted by Gasteiger charge is -2.36. The number of benzene rings is 1. The monoisotopic (exact) mass is 389 g/mol. The summed E-state index contributed by atoms with van der Waals surface area (Å²) >= 11 is 6.01. The molecule has 1 aromatic carbocycles. The van der Waals surface area contributed by atoms with E-state index in [1.165, 1.54) is 20.6 Å². The molecular formula is C21H24ClNO4. The van der Waals surface area contributed by atoms with Gasteiger partial charge in [0.1, 0.15) is 0 Å². The molecule has 3 rings (SSSR count). The van der Waals surface area contributed by atoms with Gasteiger partial charge in [0.2, 0.25) is 0 Å². The molecule has 0 unspecified atom stereocenters. The fourth-order valence-corrected chi connectivity index (χ4v) is 3.98. The molecule has 27 heavy (non-hydrogen) atoms. The highest BCUT2D eigenvalue weighted by atomic mass is 35.5. The Labute approximate surface area is 164 Å². The van der Waals surface area contributed by atoms with Gasteiger partial charge < -0.3 is 14.4 Å². The number of esters is 2. The molecule has 144 valence electrons. The minimum atomic E-state index is -0.554. The maximum absolute atomic E-state index is 12.6. The molecule has 1 heterocycles. The Morgan fingerprint density at radius 3 is 1.93 bits per heavy atom. The van der Waals surface area contributed by atoms with E-state index in [9.17, 15) is 9.59 Å². The largest absolute Gasteiger partial charge is 0.466 e. The summed E-state index contributed by atoms with van der Waals surface area (Å²) in [7, 11) is 2.70. The first kappa shape index (κ1) is 19.5. The van der Waals surface area contributed by atoms with Crippen molar-refractivity contribution in [3.05, 3.63) is 58.4 Å². The van der Waals surface area contributed by atoms with E-state index in [2.05, 4.69) is 0 Å². The van der Waals surface area contributed by atoms with E-state index < -0.39 is 17.9 Å². The number of nitrogens with zero attached hydrogens (tertiary/aromatic N) is 1. The lowest BCUT2D eigenvalue weighted by atomic mass is 9.82. The molecule has 1 aliphatic carbocycles. The number of carbonyl (C=O) groups excluding carboxylic acids is 2. The smallest absolute Gasteiger partial charge is 0.336 e. The third-order valence-corrected chi connectivity index (χ3v) is 5.49. The molecular weight excluding hydrogens is 366 g/mol. The third kappa shape index (κ3) is 4.19. The lowest BCUT2D eigenvalue weighted by molar-refractivity contribution is -0.137. The number of carbonyl (C=O) groups is 2. The van der Waals surface area contributed by atoms with Crippen LogP contribution in [0.25, 0.3) is 0 Å². The lowest BCUT2D eigenvalue weighted by Crippen LogP contribution is -2.35. The van der Waals surface area contributed by atoms with Crippen molar-refractivity contribution in [2.75, 3.05) is 14.2 Å². The average molecular weight is 390 g/mol. The zero-order valence-electron chi connectivity index (χ0n) is 15.6. The topological polar surface area (TPSA) is 55.8 Å². The van der Waals surface area contributed by atoms with Crippen LogP contribution in [-0.2, 0) is 19.1 Å². The maximum Gasteiger partial charge on any atom is 0.336 e. The number of halogens is 1. The predicted octanol–water partition coefficient (Wildman–Crippen LogP) is 4.19. The summed E-state index contributed by atoms with van der Waals surface area (Å²) in [5, 5.41) is 0.589. The van der Waals surface area contributed by atoms with Crippen molar-refractivity contribution in [2.45, 2.75) is 44.1 Å². The number of hydrogen-bond donors (Lipinski definition) is 0. The van der Waals surface area contributed by atoms with Crippen molar-refractivity contribution in [3.8, 4) is 0 Å². The van der Waals surface area contributed by atoms with Gasteiger partial charge in [0, 0.05) is 23.5 Å². The minimum absolute atomic E-state index is 0.268. The van der Waals surface area contributed by atoms with Crippen LogP contribution in [0.15, 0.2) is 47.8 Å². The Morgan fingerprint density at radius 1 is 0.926 bits per heavy atom. The van der Waals surface area contributed by atoms with Crippen molar-refractivity contribution >= 4 is 23.5 Å². The van der Waals surface area contributed by atoms with E-state index in [-0.39, 0.29) is 6.04 Å². The summed E-state index contributed by atoms with van der Waals surface area (Å²) in [5.74, 6) is -1.46. The second-order valence-electron chi connectivity index (χ2n) is 6.88. The molecule has 0 spiro atoms. The molecule has 0 bridgehead atoms. The van der Waals surface area contributed by atoms with Crippen LogP contribution in [-0.4, -0.2) is 37.1 Å². The number of rotatable bonds is 4. The van der Waals surface area contributed by atoms with Crippen LogP contribution in [0.5, 0.6) is 0 Å². The molecule has 1 aliphatic heterocycles. The van der Waals surface area contributed by atoms with Gasteiger partial charge in [0.25, 0.3) is 0 Å². The fraction of sp³-hybridized carbons (Fsp3) is 0.429. The number of hydrogen-bond acceptors (Lipinski definition) is 5. The van der Waals surface area contributed by atoms with Gasteiger partial charge in [-0.1, -0.05) is 43.0 Å². The summed E-state index contributed by atoms with van der Waals surface area (Å²) in [6.45, 7) is 0. The first-order valence-corrected chi connectivity index (χ1v) is 9.56. The van der Waals surface area contributed by atoms with Gasteiger partial charge in [-0.05, 0) is 30.5 Å². The highest BCUT2D eigenvalue weighted by Crippen LogP contribution is 2.39. The zero-order valence-corrected chi connectivity index (χ0v) is 16.4. The predicted molar refractivity (Wildman–Crippen MR) is 103 cm³/mol. The second kappa shape index (κ2) is 8.61. The molecule has 0 radical (unpaired) electrons. The van der Waals surface area contributed by atoms with Crippen molar-refractivity contribution in [2.24, 2.45) is 0 Å². The first-order valence-electron chi connectivity index (χ1n) is 9.18. The highest BCUT2D eigenvalue weighted by Gasteiger charge is 2.36. The minimum Gasteiger partial charge on any atom is -0.466 e. The molecule has 1 saturated carbocycles. The van der Waals surface area contributed by atoms with Crippen LogP contribution < -0.4 is 0 Å². The van der Waals surface area contributed by atoms with Crippen LogP contribution in [0.4, 0.5) is 0 Å². The Hall–Kier alpha value is -2.27. The van der Waals surface area contributed by atoms with Gasteiger partial charge >= 0.3 is 11.9 Å². The molecule has 6 heteroatoms. The molecule has 1 fully saturated rings. The summed E-state index contributed by atoms with van der Waals surface area (Å²) < 4.78 is 10.0. The zero-order chi connectivity index (χ0) is 19.4. The van der Waals surface area contributed by atoms with E-state index in [4.69, 9.17) is 21.1 Å². The van der Waals surface area contributed by atoms with Crippen LogP contribution in [0, 0.1) is 0 Å². The summed E-state index contributed by atoms with van der Waals surface area (Å²) in [5.41, 5.74) is 1.64. The SMILES string of the molecule is COC(=O)C1=CN(C2CCCCC2)C=C(C(=O)OC)C1c1ccc(Cl)cc1. The highest BCUT2D eigenvalue weighted by molar-refractivity contribution is 6.30. The van der Waals surface area contributed by atoms with Crippen molar-refractivity contribution in [1.82, 2.24) is 4.90 Å². The van der Waals surface area contributed by atoms with Gasteiger partial charge in [-0.25, -0.2) is 9.59 Å². The van der Waals surface area contributed by atoms with E-state index >= 15 is 0 Å². The Bertz CT molecular complexity index is 729. The molecule has 0 atom stereocenters. The van der Waals surface area contributed by atoms with Crippen LogP contribution in [0.1, 0.15) is 43.6 Å². The van der Waals surface area contributed by atoms with Crippen molar-refractivity contribution in [1.29, 1.82) is 0 Å². The third-order valence-electron chi connectivity index (χ3n) is 5.24. The van der Waals surface area contributed by atoms with Crippen molar-refractivity contribution in [3.63, 3.8) is 0 Å². The molecule has 2 aliphatic rings. The molecule has 5 nitrogen and oxygen atoms in total. The quantitative estimate of drug-likeness (QED) is 0.723.